The third-order valence-electron chi connectivity index (χ3n) is 14.1. The maximum atomic E-state index is 2.52. The molecule has 3 heterocycles. The lowest BCUT2D eigenvalue weighted by Gasteiger charge is -2.26. The Balaban J connectivity index is 1.00. The van der Waals surface area contributed by atoms with E-state index in [1.165, 1.54) is 82.1 Å². The molecule has 0 saturated carbocycles. The number of para-hydroxylation sites is 4. The van der Waals surface area contributed by atoms with Gasteiger partial charge in [-0.2, -0.15) is 0 Å². The van der Waals surface area contributed by atoms with Gasteiger partial charge in [0, 0.05) is 90.2 Å². The third-order valence-corrected chi connectivity index (χ3v) is 14.1. The Bertz CT molecular complexity index is 3710. The van der Waals surface area contributed by atoms with Crippen molar-refractivity contribution in [2.75, 3.05) is 4.90 Å². The van der Waals surface area contributed by atoms with Gasteiger partial charge < -0.3 is 18.6 Å². The van der Waals surface area contributed by atoms with Gasteiger partial charge in [0.15, 0.2) is 0 Å². The highest BCUT2D eigenvalue weighted by molar-refractivity contribution is 6.12. The van der Waals surface area contributed by atoms with Crippen molar-refractivity contribution in [3.8, 4) is 5.69 Å². The van der Waals surface area contributed by atoms with Gasteiger partial charge in [-0.3, -0.25) is 0 Å². The smallest absolute Gasteiger partial charge is 0.0542 e. The van der Waals surface area contributed by atoms with E-state index in [1.54, 1.807) is 0 Å². The molecule has 1 unspecified atom stereocenters. The molecule has 0 aliphatic carbocycles. The van der Waals surface area contributed by atoms with Gasteiger partial charge >= 0.3 is 0 Å². The van der Waals surface area contributed by atoms with Crippen molar-refractivity contribution in [1.82, 2.24) is 13.7 Å². The van der Waals surface area contributed by atoms with Gasteiger partial charge in [0.05, 0.1) is 11.0 Å². The summed E-state index contributed by atoms with van der Waals surface area (Å²) in [6, 6.07) is 79.0. The molecule has 12 rings (SSSR count). The summed E-state index contributed by atoms with van der Waals surface area (Å²) in [7, 11) is 0. The van der Waals surface area contributed by atoms with E-state index >= 15 is 0 Å². The fourth-order valence-corrected chi connectivity index (χ4v) is 11.0. The van der Waals surface area contributed by atoms with Crippen molar-refractivity contribution in [2.24, 2.45) is 0 Å². The van der Waals surface area contributed by atoms with Gasteiger partial charge in [-0.05, 0) is 153 Å². The SMILES string of the molecule is CCn1c2ccccc2c2cc(CCC(Cc3ccccc3)c3ccc4c(c3)c3cc(N(c5ccccc5)c5ccc6c(c5)c5ccccc5n6CC)ccc3n4-c3ccccc3)ccc21. The predicted octanol–water partition coefficient (Wildman–Crippen LogP) is 16.5. The summed E-state index contributed by atoms with van der Waals surface area (Å²) >= 11 is 0. The molecule has 320 valence electrons. The zero-order valence-electron chi connectivity index (χ0n) is 37.6. The van der Waals surface area contributed by atoms with Crippen LogP contribution in [0.2, 0.25) is 0 Å². The largest absolute Gasteiger partial charge is 0.341 e. The Hall–Kier alpha value is -7.82. The zero-order chi connectivity index (χ0) is 44.1. The number of anilines is 3. The quantitative estimate of drug-likeness (QED) is 0.120. The Morgan fingerprint density at radius 2 is 0.864 bits per heavy atom. The van der Waals surface area contributed by atoms with Crippen molar-refractivity contribution in [2.45, 2.75) is 52.1 Å². The van der Waals surface area contributed by atoms with Crippen molar-refractivity contribution < 1.29 is 0 Å². The average molecular weight is 853 g/mol. The number of hydrogen-bond donors (Lipinski definition) is 0. The summed E-state index contributed by atoms with van der Waals surface area (Å²) in [6.45, 7) is 6.36. The molecule has 1 atom stereocenters. The topological polar surface area (TPSA) is 18.0 Å². The molecular formula is C62H52N4. The first-order chi connectivity index (χ1) is 32.6. The lowest BCUT2D eigenvalue weighted by molar-refractivity contribution is 0.622. The van der Waals surface area contributed by atoms with Crippen molar-refractivity contribution in [3.63, 3.8) is 0 Å². The van der Waals surface area contributed by atoms with E-state index in [4.69, 9.17) is 0 Å². The zero-order valence-corrected chi connectivity index (χ0v) is 37.6. The van der Waals surface area contributed by atoms with E-state index in [-0.39, 0.29) is 0 Å². The highest BCUT2D eigenvalue weighted by Crippen LogP contribution is 2.43. The first kappa shape index (κ1) is 39.7. The highest BCUT2D eigenvalue weighted by atomic mass is 15.1. The van der Waals surface area contributed by atoms with E-state index < -0.39 is 0 Å². The number of rotatable bonds is 12. The molecule has 66 heavy (non-hydrogen) atoms. The molecule has 0 bridgehead atoms. The van der Waals surface area contributed by atoms with Crippen LogP contribution in [-0.2, 0) is 25.9 Å². The summed E-state index contributed by atoms with van der Waals surface area (Å²) in [6.07, 6.45) is 3.02. The van der Waals surface area contributed by atoms with Crippen molar-refractivity contribution in [3.05, 3.63) is 229 Å². The molecular weight excluding hydrogens is 801 g/mol. The van der Waals surface area contributed by atoms with Gasteiger partial charge in [-0.1, -0.05) is 115 Å². The van der Waals surface area contributed by atoms with Crippen LogP contribution in [0, 0.1) is 0 Å². The van der Waals surface area contributed by atoms with Crippen LogP contribution >= 0.6 is 0 Å². The Labute approximate surface area is 386 Å². The van der Waals surface area contributed by atoms with Crippen LogP contribution in [0.5, 0.6) is 0 Å². The van der Waals surface area contributed by atoms with Crippen molar-refractivity contribution in [1.29, 1.82) is 0 Å². The summed E-state index contributed by atoms with van der Waals surface area (Å²) in [5.41, 5.74) is 16.3. The van der Waals surface area contributed by atoms with Gasteiger partial charge in [0.2, 0.25) is 0 Å². The van der Waals surface area contributed by atoms with E-state index in [0.29, 0.717) is 5.92 Å². The van der Waals surface area contributed by atoms with E-state index in [2.05, 4.69) is 245 Å². The normalized spacial score (nSPS) is 12.3. The van der Waals surface area contributed by atoms with Gasteiger partial charge in [0.1, 0.15) is 0 Å². The minimum atomic E-state index is 0.320. The van der Waals surface area contributed by atoms with Crippen LogP contribution in [0.4, 0.5) is 17.1 Å². The van der Waals surface area contributed by atoms with E-state index in [9.17, 15) is 0 Å². The lowest BCUT2D eigenvalue weighted by Crippen LogP contribution is -2.09. The fraction of sp³-hybridized carbons (Fsp3) is 0.129. The second-order valence-electron chi connectivity index (χ2n) is 17.8. The molecule has 0 saturated heterocycles. The number of aryl methyl sites for hydroxylation is 3. The molecule has 0 spiro atoms. The lowest BCUT2D eigenvalue weighted by atomic mass is 9.86. The van der Waals surface area contributed by atoms with Crippen LogP contribution in [0.15, 0.2) is 212 Å². The molecule has 4 nitrogen and oxygen atoms in total. The predicted molar refractivity (Wildman–Crippen MR) is 280 cm³/mol. The maximum absolute atomic E-state index is 2.52. The standard InChI is InChI=1S/C62H52N4/c1-3-63-57-26-16-14-24-51(57)53-39-44(29-34-59(53)63)28-30-45(38-43-18-8-5-9-19-43)46-31-35-61-54(40-46)56-42-50(33-37-62(56)66(61)48-22-12-7-13-23-48)65(47-20-10-6-11-21-47)49-32-36-60-55(41-49)52-25-15-17-27-58(52)64(60)4-2/h5-27,29,31-37,39-42,45H,3-4,28,30,38H2,1-2H3. The average Bonchev–Trinajstić information content (AvgIpc) is 4.00. The molecule has 9 aromatic carbocycles. The molecule has 0 fully saturated rings. The molecule has 0 aliphatic heterocycles. The van der Waals surface area contributed by atoms with Crippen LogP contribution in [0.3, 0.4) is 0 Å². The summed E-state index contributed by atoms with van der Waals surface area (Å²) in [5, 5.41) is 7.77. The number of aromatic nitrogens is 3. The van der Waals surface area contributed by atoms with Gasteiger partial charge in [0.25, 0.3) is 0 Å². The van der Waals surface area contributed by atoms with Crippen LogP contribution < -0.4 is 4.90 Å². The molecule has 3 aromatic heterocycles. The summed E-state index contributed by atoms with van der Waals surface area (Å²) in [4.78, 5) is 2.43. The number of fused-ring (bicyclic) bond motifs is 9. The molecule has 0 aliphatic rings. The third kappa shape index (κ3) is 6.75. The second kappa shape index (κ2) is 16.6. The number of benzene rings is 9. The maximum Gasteiger partial charge on any atom is 0.0542 e. The first-order valence-corrected chi connectivity index (χ1v) is 23.7. The first-order valence-electron chi connectivity index (χ1n) is 23.7. The van der Waals surface area contributed by atoms with Gasteiger partial charge in [-0.15, -0.1) is 0 Å². The molecule has 12 aromatic rings. The molecule has 0 radical (unpaired) electrons. The summed E-state index contributed by atoms with van der Waals surface area (Å²) in [5.74, 6) is 0.320. The Morgan fingerprint density at radius 1 is 0.379 bits per heavy atom. The fourth-order valence-electron chi connectivity index (χ4n) is 11.0. The number of nitrogens with zero attached hydrogens (tertiary/aromatic N) is 4. The molecule has 0 N–H and O–H groups in total. The van der Waals surface area contributed by atoms with Crippen LogP contribution in [0.25, 0.3) is 71.1 Å². The van der Waals surface area contributed by atoms with Crippen molar-refractivity contribution >= 4 is 82.5 Å². The van der Waals surface area contributed by atoms with E-state index in [1.807, 2.05) is 0 Å². The Kier molecular flexibility index (Phi) is 10.0. The Morgan fingerprint density at radius 3 is 1.50 bits per heavy atom. The molecule has 0 amide bonds. The monoisotopic (exact) mass is 852 g/mol. The van der Waals surface area contributed by atoms with Crippen LogP contribution in [-0.4, -0.2) is 13.7 Å². The van der Waals surface area contributed by atoms with Crippen LogP contribution in [0.1, 0.15) is 42.9 Å². The second-order valence-corrected chi connectivity index (χ2v) is 17.8. The minimum Gasteiger partial charge on any atom is -0.341 e. The summed E-state index contributed by atoms with van der Waals surface area (Å²) < 4.78 is 7.33. The van der Waals surface area contributed by atoms with E-state index in [0.717, 1.165) is 55.1 Å². The molecule has 4 heteroatoms. The highest BCUT2D eigenvalue weighted by Gasteiger charge is 2.22. The van der Waals surface area contributed by atoms with Gasteiger partial charge in [-0.25, -0.2) is 0 Å². The number of hydrogen-bond acceptors (Lipinski definition) is 1. The minimum absolute atomic E-state index is 0.320.